The van der Waals surface area contributed by atoms with Gasteiger partial charge in [0.15, 0.2) is 0 Å². The molecule has 2 aromatic carbocycles. The van der Waals surface area contributed by atoms with Crippen LogP contribution in [0.5, 0.6) is 0 Å². The van der Waals surface area contributed by atoms with Gasteiger partial charge in [-0.1, -0.05) is 48.0 Å². The number of hydrogen-bond acceptors (Lipinski definition) is 2. The number of benzene rings is 2. The predicted octanol–water partition coefficient (Wildman–Crippen LogP) is 3.94. The van der Waals surface area contributed by atoms with E-state index < -0.39 is 11.8 Å². The molecule has 0 saturated carbocycles. The summed E-state index contributed by atoms with van der Waals surface area (Å²) in [5.74, 6) is -1.25. The maximum absolute atomic E-state index is 12.4. The lowest BCUT2D eigenvalue weighted by molar-refractivity contribution is -0.143. The van der Waals surface area contributed by atoms with E-state index in [2.05, 4.69) is 5.32 Å². The van der Waals surface area contributed by atoms with Gasteiger partial charge in [0.1, 0.15) is 0 Å². The van der Waals surface area contributed by atoms with Crippen LogP contribution < -0.4 is 5.32 Å². The summed E-state index contributed by atoms with van der Waals surface area (Å²) in [4.78, 5) is 26.3. The Bertz CT molecular complexity index is 721. The Hall–Kier alpha value is -2.33. The molecule has 2 rings (SSSR count). The van der Waals surface area contributed by atoms with Crippen LogP contribution >= 0.6 is 11.6 Å². The number of halogens is 1. The largest absolute Gasteiger partial charge is 0.330 e. The fourth-order valence-electron chi connectivity index (χ4n) is 2.52. The SMILES string of the molecule is CCN(Cc1ccccc1)C(=O)C(=O)Nc1c(C)cc(C)cc1Cl. The molecule has 0 spiro atoms. The highest BCUT2D eigenvalue weighted by Gasteiger charge is 2.22. The van der Waals surface area contributed by atoms with Gasteiger partial charge in [-0.3, -0.25) is 9.59 Å². The molecule has 0 aliphatic rings. The fraction of sp³-hybridized carbons (Fsp3) is 0.263. The lowest BCUT2D eigenvalue weighted by atomic mass is 10.1. The maximum Gasteiger partial charge on any atom is 0.313 e. The second-order valence-electron chi connectivity index (χ2n) is 5.70. The molecule has 0 aromatic heterocycles. The first-order chi connectivity index (χ1) is 11.4. The number of carbonyl (C=O) groups excluding carboxylic acids is 2. The third-order valence-corrected chi connectivity index (χ3v) is 4.05. The summed E-state index contributed by atoms with van der Waals surface area (Å²) in [5.41, 5.74) is 3.29. The number of carbonyl (C=O) groups is 2. The van der Waals surface area contributed by atoms with Crippen molar-refractivity contribution >= 4 is 29.1 Å². The Morgan fingerprint density at radius 1 is 1.12 bits per heavy atom. The van der Waals surface area contributed by atoms with Crippen LogP contribution in [0.3, 0.4) is 0 Å². The zero-order valence-corrected chi connectivity index (χ0v) is 14.9. The zero-order valence-electron chi connectivity index (χ0n) is 14.1. The van der Waals surface area contributed by atoms with E-state index in [0.29, 0.717) is 23.8 Å². The molecule has 0 saturated heterocycles. The van der Waals surface area contributed by atoms with Crippen molar-refractivity contribution in [3.63, 3.8) is 0 Å². The first-order valence-electron chi connectivity index (χ1n) is 7.83. The lowest BCUT2D eigenvalue weighted by Crippen LogP contribution is -2.39. The minimum Gasteiger partial charge on any atom is -0.330 e. The molecule has 0 heterocycles. The standard InChI is InChI=1S/C19H21ClN2O2/c1-4-22(12-15-8-6-5-7-9-15)19(24)18(23)21-17-14(3)10-13(2)11-16(17)20/h5-11H,4,12H2,1-3H3,(H,21,23). The molecule has 5 heteroatoms. The van der Waals surface area contributed by atoms with Gasteiger partial charge in [-0.25, -0.2) is 0 Å². The summed E-state index contributed by atoms with van der Waals surface area (Å²) < 4.78 is 0. The summed E-state index contributed by atoms with van der Waals surface area (Å²) in [6.07, 6.45) is 0. The van der Waals surface area contributed by atoms with E-state index >= 15 is 0 Å². The molecular formula is C19H21ClN2O2. The number of aryl methyl sites for hydroxylation is 2. The minimum atomic E-state index is -0.679. The molecule has 2 amide bonds. The predicted molar refractivity (Wildman–Crippen MR) is 97.1 cm³/mol. The highest BCUT2D eigenvalue weighted by atomic mass is 35.5. The number of hydrogen-bond donors (Lipinski definition) is 1. The van der Waals surface area contributed by atoms with Crippen LogP contribution in [0.4, 0.5) is 5.69 Å². The third-order valence-electron chi connectivity index (χ3n) is 3.75. The van der Waals surface area contributed by atoms with E-state index in [9.17, 15) is 9.59 Å². The molecule has 0 fully saturated rings. The molecule has 0 aliphatic carbocycles. The number of amides is 2. The molecule has 0 radical (unpaired) electrons. The maximum atomic E-state index is 12.4. The number of nitrogens with one attached hydrogen (secondary N) is 1. The average Bonchev–Trinajstić information content (AvgIpc) is 2.56. The van der Waals surface area contributed by atoms with Crippen molar-refractivity contribution in [1.29, 1.82) is 0 Å². The zero-order chi connectivity index (χ0) is 17.7. The van der Waals surface area contributed by atoms with Crippen LogP contribution in [-0.4, -0.2) is 23.3 Å². The van der Waals surface area contributed by atoms with Crippen molar-refractivity contribution < 1.29 is 9.59 Å². The van der Waals surface area contributed by atoms with Crippen molar-refractivity contribution in [3.05, 3.63) is 64.2 Å². The molecular weight excluding hydrogens is 324 g/mol. The van der Waals surface area contributed by atoms with Crippen molar-refractivity contribution in [1.82, 2.24) is 4.90 Å². The lowest BCUT2D eigenvalue weighted by Gasteiger charge is -2.21. The Morgan fingerprint density at radius 3 is 2.38 bits per heavy atom. The van der Waals surface area contributed by atoms with E-state index in [4.69, 9.17) is 11.6 Å². The molecule has 126 valence electrons. The van der Waals surface area contributed by atoms with Gasteiger partial charge in [-0.05, 0) is 43.5 Å². The molecule has 0 bridgehead atoms. The first-order valence-corrected chi connectivity index (χ1v) is 8.21. The van der Waals surface area contributed by atoms with Gasteiger partial charge in [-0.15, -0.1) is 0 Å². The fourth-order valence-corrected chi connectivity index (χ4v) is 2.88. The molecule has 0 unspecified atom stereocenters. The summed E-state index contributed by atoms with van der Waals surface area (Å²) in [6, 6.07) is 13.2. The topological polar surface area (TPSA) is 49.4 Å². The molecule has 0 atom stereocenters. The molecule has 4 nitrogen and oxygen atoms in total. The highest BCUT2D eigenvalue weighted by molar-refractivity contribution is 6.41. The van der Waals surface area contributed by atoms with Gasteiger partial charge >= 0.3 is 11.8 Å². The summed E-state index contributed by atoms with van der Waals surface area (Å²) in [6.45, 7) is 6.46. The Morgan fingerprint density at radius 2 is 1.79 bits per heavy atom. The van der Waals surface area contributed by atoms with E-state index in [0.717, 1.165) is 16.7 Å². The van der Waals surface area contributed by atoms with Crippen molar-refractivity contribution in [2.75, 3.05) is 11.9 Å². The third kappa shape index (κ3) is 4.36. The first kappa shape index (κ1) is 18.0. The average molecular weight is 345 g/mol. The number of likely N-dealkylation sites (N-methyl/N-ethyl adjacent to an activating group) is 1. The van der Waals surface area contributed by atoms with Crippen LogP contribution in [0.25, 0.3) is 0 Å². The quantitative estimate of drug-likeness (QED) is 0.854. The van der Waals surface area contributed by atoms with Crippen molar-refractivity contribution in [2.24, 2.45) is 0 Å². The van der Waals surface area contributed by atoms with Gasteiger partial charge in [0.25, 0.3) is 0 Å². The summed E-state index contributed by atoms with van der Waals surface area (Å²) >= 11 is 6.19. The van der Waals surface area contributed by atoms with Crippen molar-refractivity contribution in [3.8, 4) is 0 Å². The van der Waals surface area contributed by atoms with E-state index in [1.165, 1.54) is 4.90 Å². The summed E-state index contributed by atoms with van der Waals surface area (Å²) in [5, 5.41) is 3.07. The van der Waals surface area contributed by atoms with Crippen LogP contribution in [-0.2, 0) is 16.1 Å². The number of nitrogens with zero attached hydrogens (tertiary/aromatic N) is 1. The number of anilines is 1. The Kier molecular flexibility index (Phi) is 5.99. The summed E-state index contributed by atoms with van der Waals surface area (Å²) in [7, 11) is 0. The molecule has 24 heavy (non-hydrogen) atoms. The Balaban J connectivity index is 2.12. The van der Waals surface area contributed by atoms with Crippen molar-refractivity contribution in [2.45, 2.75) is 27.3 Å². The second kappa shape index (κ2) is 7.97. The van der Waals surface area contributed by atoms with Gasteiger partial charge in [-0.2, -0.15) is 0 Å². The number of rotatable bonds is 4. The van der Waals surface area contributed by atoms with Gasteiger partial charge in [0, 0.05) is 13.1 Å². The van der Waals surface area contributed by atoms with Crippen LogP contribution in [0, 0.1) is 13.8 Å². The van der Waals surface area contributed by atoms with Gasteiger partial charge in [0.2, 0.25) is 0 Å². The van der Waals surface area contributed by atoms with Gasteiger partial charge < -0.3 is 10.2 Å². The van der Waals surface area contributed by atoms with Crippen LogP contribution in [0.15, 0.2) is 42.5 Å². The molecule has 2 aromatic rings. The van der Waals surface area contributed by atoms with E-state index in [1.807, 2.05) is 57.2 Å². The van der Waals surface area contributed by atoms with E-state index in [1.54, 1.807) is 6.07 Å². The molecule has 0 aliphatic heterocycles. The van der Waals surface area contributed by atoms with Gasteiger partial charge in [0.05, 0.1) is 10.7 Å². The van der Waals surface area contributed by atoms with Crippen LogP contribution in [0.2, 0.25) is 5.02 Å². The highest BCUT2D eigenvalue weighted by Crippen LogP contribution is 2.27. The normalized spacial score (nSPS) is 10.3. The Labute approximate surface area is 147 Å². The molecule has 1 N–H and O–H groups in total. The van der Waals surface area contributed by atoms with E-state index in [-0.39, 0.29) is 0 Å². The second-order valence-corrected chi connectivity index (χ2v) is 6.10. The minimum absolute atomic E-state index is 0.393. The van der Waals surface area contributed by atoms with Crippen LogP contribution in [0.1, 0.15) is 23.6 Å². The monoisotopic (exact) mass is 344 g/mol. The smallest absolute Gasteiger partial charge is 0.313 e.